The summed E-state index contributed by atoms with van der Waals surface area (Å²) >= 11 is 1.76. The van der Waals surface area contributed by atoms with Crippen LogP contribution >= 0.6 is 11.3 Å². The summed E-state index contributed by atoms with van der Waals surface area (Å²) in [5.74, 6) is 0.463. The minimum atomic E-state index is -2.87. The molecule has 0 radical (unpaired) electrons. The summed E-state index contributed by atoms with van der Waals surface area (Å²) in [6.45, 7) is 2.77. The number of sulfone groups is 1. The number of hydrogen-bond donors (Lipinski definition) is 0. The second-order valence-electron chi connectivity index (χ2n) is 5.36. The zero-order chi connectivity index (χ0) is 14.2. The molecule has 1 aromatic heterocycles. The summed E-state index contributed by atoms with van der Waals surface area (Å²) in [6, 6.07) is 2.09. The molecule has 1 fully saturated rings. The molecule has 0 aromatic carbocycles. The maximum Gasteiger partial charge on any atom is 0.237 e. The van der Waals surface area contributed by atoms with Crippen molar-refractivity contribution in [1.29, 1.82) is 0 Å². The van der Waals surface area contributed by atoms with Gasteiger partial charge in [-0.05, 0) is 23.4 Å². The van der Waals surface area contributed by atoms with Gasteiger partial charge in [0.15, 0.2) is 9.84 Å². The van der Waals surface area contributed by atoms with E-state index < -0.39 is 9.84 Å². The van der Waals surface area contributed by atoms with E-state index >= 15 is 0 Å². The summed E-state index contributed by atoms with van der Waals surface area (Å²) in [5.41, 5.74) is 1.26. The first-order valence-electron chi connectivity index (χ1n) is 6.79. The van der Waals surface area contributed by atoms with Crippen LogP contribution in [0.25, 0.3) is 0 Å². The molecule has 1 amide bonds. The number of hydrogen-bond acceptors (Lipinski definition) is 5. The monoisotopic (exact) mass is 314 g/mol. The number of amides is 1. The van der Waals surface area contributed by atoms with Crippen molar-refractivity contribution in [3.8, 4) is 0 Å². The molecule has 0 N–H and O–H groups in total. The lowest BCUT2D eigenvalue weighted by Gasteiger charge is -2.31. The fraction of sp³-hybridized carbons (Fsp3) is 0.615. The van der Waals surface area contributed by atoms with Crippen LogP contribution in [0.5, 0.6) is 0 Å². The maximum absolute atomic E-state index is 12.3. The Hall–Kier alpha value is -0.920. The normalized spacial score (nSPS) is 22.5. The van der Waals surface area contributed by atoms with E-state index in [1.165, 1.54) is 10.4 Å². The molecule has 1 aromatic rings. The summed E-state index contributed by atoms with van der Waals surface area (Å²) in [7, 11) is -2.87. The first kappa shape index (κ1) is 14.0. The highest BCUT2D eigenvalue weighted by molar-refractivity contribution is 7.91. The van der Waals surface area contributed by atoms with Crippen LogP contribution in [-0.2, 0) is 27.6 Å². The minimum absolute atomic E-state index is 0.112. The van der Waals surface area contributed by atoms with Gasteiger partial charge in [0.25, 0.3) is 0 Å². The van der Waals surface area contributed by atoms with Crippen molar-refractivity contribution < 1.29 is 13.2 Å². The van der Waals surface area contributed by atoms with Gasteiger partial charge < -0.3 is 4.90 Å². The molecular formula is C13H18N2O3S2. The van der Waals surface area contributed by atoms with Gasteiger partial charge in [-0.3, -0.25) is 9.69 Å². The highest BCUT2D eigenvalue weighted by Crippen LogP contribution is 2.24. The molecule has 0 unspecified atom stereocenters. The second-order valence-corrected chi connectivity index (χ2v) is 8.67. The molecule has 1 saturated heterocycles. The molecule has 7 heteroatoms. The second kappa shape index (κ2) is 5.46. The largest absolute Gasteiger partial charge is 0.337 e. The summed E-state index contributed by atoms with van der Waals surface area (Å²) in [6.07, 6.45) is 0.938. The molecule has 20 heavy (non-hydrogen) atoms. The predicted octanol–water partition coefficient (Wildman–Crippen LogP) is 0.363. The van der Waals surface area contributed by atoms with Gasteiger partial charge in [-0.2, -0.15) is 0 Å². The zero-order valence-corrected chi connectivity index (χ0v) is 12.9. The summed E-state index contributed by atoms with van der Waals surface area (Å²) < 4.78 is 22.7. The van der Waals surface area contributed by atoms with Gasteiger partial charge in [0.05, 0.1) is 18.1 Å². The lowest BCUT2D eigenvalue weighted by molar-refractivity contribution is -0.133. The van der Waals surface area contributed by atoms with Crippen LogP contribution in [0, 0.1) is 0 Å². The van der Waals surface area contributed by atoms with Gasteiger partial charge in [0.1, 0.15) is 0 Å². The van der Waals surface area contributed by atoms with E-state index in [4.69, 9.17) is 0 Å². The third-order valence-corrected chi connectivity index (χ3v) is 6.59. The van der Waals surface area contributed by atoms with Gasteiger partial charge in [-0.15, -0.1) is 11.3 Å². The summed E-state index contributed by atoms with van der Waals surface area (Å²) in [5, 5.41) is 2.08. The fourth-order valence-corrected chi connectivity index (χ4v) is 4.83. The first-order chi connectivity index (χ1) is 9.53. The number of carbonyl (C=O) groups excluding carboxylic acids is 1. The molecule has 0 saturated carbocycles. The Morgan fingerprint density at radius 3 is 2.75 bits per heavy atom. The van der Waals surface area contributed by atoms with E-state index in [-0.39, 0.29) is 17.4 Å². The fourth-order valence-electron chi connectivity index (χ4n) is 2.66. The van der Waals surface area contributed by atoms with Crippen molar-refractivity contribution in [1.82, 2.24) is 9.80 Å². The average molecular weight is 314 g/mol. The van der Waals surface area contributed by atoms with E-state index in [1.807, 2.05) is 9.80 Å². The topological polar surface area (TPSA) is 57.7 Å². The van der Waals surface area contributed by atoms with Crippen molar-refractivity contribution in [2.75, 3.05) is 37.7 Å². The number of fused-ring (bicyclic) bond motifs is 1. The summed E-state index contributed by atoms with van der Waals surface area (Å²) in [4.78, 5) is 17.5. The number of rotatable bonds is 2. The Labute approximate surface area is 123 Å². The third kappa shape index (κ3) is 3.05. The molecule has 0 aliphatic carbocycles. The lowest BCUT2D eigenvalue weighted by Crippen LogP contribution is -2.47. The minimum Gasteiger partial charge on any atom is -0.337 e. The number of carbonyl (C=O) groups is 1. The molecule has 0 atom stereocenters. The third-order valence-electron chi connectivity index (χ3n) is 3.96. The van der Waals surface area contributed by atoms with Gasteiger partial charge >= 0.3 is 0 Å². The standard InChI is InChI=1S/C13H18N2O3S2/c16-13(10-14-4-7-20(17,18)8-5-14)15-3-1-12-11(9-15)2-6-19-12/h2,6H,1,3-5,7-10H2. The highest BCUT2D eigenvalue weighted by atomic mass is 32.2. The number of nitrogens with zero attached hydrogens (tertiary/aromatic N) is 2. The molecular weight excluding hydrogens is 296 g/mol. The molecule has 2 aliphatic rings. The SMILES string of the molecule is O=C(CN1CCS(=O)(=O)CC1)N1CCc2sccc2C1. The van der Waals surface area contributed by atoms with Crippen LogP contribution in [-0.4, -0.2) is 61.8 Å². The quantitative estimate of drug-likeness (QED) is 0.791. The van der Waals surface area contributed by atoms with Crippen molar-refractivity contribution in [3.63, 3.8) is 0 Å². The van der Waals surface area contributed by atoms with Crippen LogP contribution in [0.15, 0.2) is 11.4 Å². The van der Waals surface area contributed by atoms with Gasteiger partial charge in [0, 0.05) is 31.1 Å². The van der Waals surface area contributed by atoms with Crippen molar-refractivity contribution in [2.45, 2.75) is 13.0 Å². The van der Waals surface area contributed by atoms with Gasteiger partial charge in [-0.25, -0.2) is 8.42 Å². The van der Waals surface area contributed by atoms with E-state index in [0.717, 1.165) is 13.0 Å². The maximum atomic E-state index is 12.3. The molecule has 0 bridgehead atoms. The van der Waals surface area contributed by atoms with Gasteiger partial charge in [0.2, 0.25) is 5.91 Å². The van der Waals surface area contributed by atoms with Crippen molar-refractivity contribution in [3.05, 3.63) is 21.9 Å². The van der Waals surface area contributed by atoms with Crippen LogP contribution in [0.2, 0.25) is 0 Å². The van der Waals surface area contributed by atoms with Crippen molar-refractivity contribution >= 4 is 27.1 Å². The zero-order valence-electron chi connectivity index (χ0n) is 11.2. The van der Waals surface area contributed by atoms with Crippen LogP contribution < -0.4 is 0 Å². The Bertz CT molecular complexity index is 595. The predicted molar refractivity (Wildman–Crippen MR) is 78.5 cm³/mol. The van der Waals surface area contributed by atoms with E-state index in [2.05, 4.69) is 11.4 Å². The Balaban J connectivity index is 1.56. The van der Waals surface area contributed by atoms with Crippen LogP contribution in [0.3, 0.4) is 0 Å². The Morgan fingerprint density at radius 2 is 2.00 bits per heavy atom. The first-order valence-corrected chi connectivity index (χ1v) is 9.49. The smallest absolute Gasteiger partial charge is 0.237 e. The number of thiophene rings is 1. The van der Waals surface area contributed by atoms with E-state index in [0.29, 0.717) is 26.2 Å². The van der Waals surface area contributed by atoms with Gasteiger partial charge in [-0.1, -0.05) is 0 Å². The average Bonchev–Trinajstić information content (AvgIpc) is 2.88. The van der Waals surface area contributed by atoms with Crippen LogP contribution in [0.4, 0.5) is 0 Å². The van der Waals surface area contributed by atoms with Crippen LogP contribution in [0.1, 0.15) is 10.4 Å². The molecule has 0 spiro atoms. The molecule has 2 aliphatic heterocycles. The molecule has 3 heterocycles. The van der Waals surface area contributed by atoms with E-state index in [1.54, 1.807) is 11.3 Å². The molecule has 110 valence electrons. The lowest BCUT2D eigenvalue weighted by atomic mass is 10.1. The molecule has 3 rings (SSSR count). The Morgan fingerprint density at radius 1 is 1.25 bits per heavy atom. The van der Waals surface area contributed by atoms with E-state index in [9.17, 15) is 13.2 Å². The molecule has 5 nitrogen and oxygen atoms in total. The highest BCUT2D eigenvalue weighted by Gasteiger charge is 2.26. The Kier molecular flexibility index (Phi) is 3.83. The van der Waals surface area contributed by atoms with Crippen molar-refractivity contribution in [2.24, 2.45) is 0 Å².